The molecule has 1 aromatic heterocycles. The minimum absolute atomic E-state index is 0.207. The van der Waals surface area contributed by atoms with Gasteiger partial charge in [-0.25, -0.2) is 9.59 Å². The fourth-order valence-corrected chi connectivity index (χ4v) is 2.24. The summed E-state index contributed by atoms with van der Waals surface area (Å²) >= 11 is 0. The molecule has 0 aliphatic rings. The Bertz CT molecular complexity index is 846. The molecule has 23 heavy (non-hydrogen) atoms. The van der Waals surface area contributed by atoms with Gasteiger partial charge < -0.3 is 4.74 Å². The van der Waals surface area contributed by atoms with Crippen LogP contribution in [-0.2, 0) is 18.4 Å². The van der Waals surface area contributed by atoms with Gasteiger partial charge in [-0.2, -0.15) is 0 Å². The molecule has 0 saturated heterocycles. The number of nitrogens with zero attached hydrogens (tertiary/aromatic N) is 2. The number of aromatic nitrogens is 2. The minimum atomic E-state index is -0.557. The van der Waals surface area contributed by atoms with Crippen LogP contribution >= 0.6 is 0 Å². The Hall–Kier alpha value is -2.63. The molecule has 122 valence electrons. The number of rotatable bonds is 4. The van der Waals surface area contributed by atoms with E-state index >= 15 is 0 Å². The molecule has 0 N–H and O–H groups in total. The van der Waals surface area contributed by atoms with Crippen LogP contribution in [0.15, 0.2) is 40.1 Å². The summed E-state index contributed by atoms with van der Waals surface area (Å²) in [5.41, 5.74) is 0.941. The summed E-state index contributed by atoms with van der Waals surface area (Å²) in [6.45, 7) is 5.69. The highest BCUT2D eigenvalue weighted by Crippen LogP contribution is 2.27. The Morgan fingerprint density at radius 2 is 1.91 bits per heavy atom. The molecule has 0 radical (unpaired) electrons. The topological polar surface area (TPSA) is 70.3 Å². The molecule has 0 fully saturated rings. The zero-order chi connectivity index (χ0) is 17.1. The number of benzene rings is 1. The van der Waals surface area contributed by atoms with E-state index in [9.17, 15) is 14.4 Å². The largest absolute Gasteiger partial charge is 0.425 e. The van der Waals surface area contributed by atoms with Crippen molar-refractivity contribution in [3.8, 4) is 5.75 Å². The van der Waals surface area contributed by atoms with Crippen molar-refractivity contribution >= 4 is 5.97 Å². The zero-order valence-corrected chi connectivity index (χ0v) is 13.7. The van der Waals surface area contributed by atoms with Gasteiger partial charge in [0.25, 0.3) is 5.56 Å². The smallest absolute Gasteiger partial charge is 0.331 e. The van der Waals surface area contributed by atoms with Crippen LogP contribution in [0.4, 0.5) is 0 Å². The molecule has 0 bridgehead atoms. The van der Waals surface area contributed by atoms with Gasteiger partial charge in [0.05, 0.1) is 0 Å². The van der Waals surface area contributed by atoms with E-state index in [-0.39, 0.29) is 12.5 Å². The molecule has 0 spiro atoms. The zero-order valence-electron chi connectivity index (χ0n) is 13.7. The second kappa shape index (κ2) is 6.64. The van der Waals surface area contributed by atoms with E-state index in [4.69, 9.17) is 4.74 Å². The number of hydrogen-bond donors (Lipinski definition) is 0. The molecule has 0 saturated carbocycles. The third-order valence-corrected chi connectivity index (χ3v) is 3.57. The second-order valence-electron chi connectivity index (χ2n) is 5.79. The lowest BCUT2D eigenvalue weighted by atomic mass is 10.0. The third-order valence-electron chi connectivity index (χ3n) is 3.57. The van der Waals surface area contributed by atoms with E-state index < -0.39 is 17.2 Å². The molecule has 0 atom stereocenters. The first-order valence-corrected chi connectivity index (χ1v) is 7.37. The van der Waals surface area contributed by atoms with Crippen LogP contribution in [0, 0.1) is 6.92 Å². The highest BCUT2D eigenvalue weighted by molar-refractivity contribution is 5.72. The minimum Gasteiger partial charge on any atom is -0.425 e. The molecule has 2 aromatic rings. The van der Waals surface area contributed by atoms with Crippen LogP contribution < -0.4 is 16.0 Å². The summed E-state index contributed by atoms with van der Waals surface area (Å²) in [6.07, 6.45) is 1.30. The first kappa shape index (κ1) is 16.7. The fourth-order valence-electron chi connectivity index (χ4n) is 2.24. The number of carbonyl (C=O) groups excluding carboxylic acids is 1. The summed E-state index contributed by atoms with van der Waals surface area (Å²) < 4.78 is 7.52. The number of ether oxygens (including phenoxy) is 1. The van der Waals surface area contributed by atoms with Gasteiger partial charge >= 0.3 is 11.7 Å². The number of aryl methyl sites for hydroxylation is 1. The molecule has 0 unspecified atom stereocenters. The molecular weight excluding hydrogens is 296 g/mol. The van der Waals surface area contributed by atoms with Crippen molar-refractivity contribution in [2.75, 3.05) is 0 Å². The van der Waals surface area contributed by atoms with Crippen molar-refractivity contribution in [1.82, 2.24) is 9.13 Å². The maximum Gasteiger partial charge on any atom is 0.331 e. The average Bonchev–Trinajstić information content (AvgIpc) is 2.47. The first-order chi connectivity index (χ1) is 10.8. The summed E-state index contributed by atoms with van der Waals surface area (Å²) in [7, 11) is 1.37. The van der Waals surface area contributed by atoms with Crippen LogP contribution in [0.2, 0.25) is 0 Å². The van der Waals surface area contributed by atoms with E-state index in [1.54, 1.807) is 6.07 Å². The number of esters is 1. The quantitative estimate of drug-likeness (QED) is 0.634. The maximum absolute atomic E-state index is 12.1. The van der Waals surface area contributed by atoms with Crippen molar-refractivity contribution in [2.45, 2.75) is 33.2 Å². The van der Waals surface area contributed by atoms with Crippen LogP contribution in [0.1, 0.15) is 30.9 Å². The Morgan fingerprint density at radius 3 is 2.57 bits per heavy atom. The Kier molecular flexibility index (Phi) is 4.83. The van der Waals surface area contributed by atoms with Gasteiger partial charge in [-0.05, 0) is 30.0 Å². The summed E-state index contributed by atoms with van der Waals surface area (Å²) in [5.74, 6) is 0.153. The number of hydrogen-bond acceptors (Lipinski definition) is 4. The SMILES string of the molecule is Cc1ccc(C(C)C)c(OC(=O)Cn2ccc(=O)n(C)c2=O)c1. The molecule has 1 heterocycles. The summed E-state index contributed by atoms with van der Waals surface area (Å²) in [4.78, 5) is 35.4. The molecule has 0 aliphatic heterocycles. The molecule has 6 heteroatoms. The Morgan fingerprint density at radius 1 is 1.22 bits per heavy atom. The van der Waals surface area contributed by atoms with Crippen molar-refractivity contribution in [1.29, 1.82) is 0 Å². The van der Waals surface area contributed by atoms with E-state index in [1.165, 1.54) is 19.3 Å². The van der Waals surface area contributed by atoms with Crippen LogP contribution in [-0.4, -0.2) is 15.1 Å². The second-order valence-corrected chi connectivity index (χ2v) is 5.79. The Labute approximate surface area is 134 Å². The van der Waals surface area contributed by atoms with Crippen LogP contribution in [0.3, 0.4) is 0 Å². The lowest BCUT2D eigenvalue weighted by molar-refractivity contribution is -0.135. The molecule has 6 nitrogen and oxygen atoms in total. The Balaban J connectivity index is 2.24. The highest BCUT2D eigenvalue weighted by atomic mass is 16.5. The molecular formula is C17H20N2O4. The maximum atomic E-state index is 12.1. The number of carbonyl (C=O) groups is 1. The van der Waals surface area contributed by atoms with Gasteiger partial charge in [0.2, 0.25) is 0 Å². The monoisotopic (exact) mass is 316 g/mol. The first-order valence-electron chi connectivity index (χ1n) is 7.37. The normalized spacial score (nSPS) is 10.8. The van der Waals surface area contributed by atoms with Gasteiger partial charge in [-0.15, -0.1) is 0 Å². The molecule has 0 amide bonds. The fraction of sp³-hybridized carbons (Fsp3) is 0.353. The van der Waals surface area contributed by atoms with Gasteiger partial charge in [0.1, 0.15) is 12.3 Å². The molecule has 0 aliphatic carbocycles. The predicted octanol–water partition coefficient (Wildman–Crippen LogP) is 1.58. The molecule has 2 rings (SSSR count). The van der Waals surface area contributed by atoms with Gasteiger partial charge in [-0.3, -0.25) is 13.9 Å². The highest BCUT2D eigenvalue weighted by Gasteiger charge is 2.14. The van der Waals surface area contributed by atoms with Crippen molar-refractivity contribution < 1.29 is 9.53 Å². The summed E-state index contributed by atoms with van der Waals surface area (Å²) in [6, 6.07) is 6.93. The third kappa shape index (κ3) is 3.77. The van der Waals surface area contributed by atoms with E-state index in [1.807, 2.05) is 32.9 Å². The lowest BCUT2D eigenvalue weighted by Gasteiger charge is -2.14. The van der Waals surface area contributed by atoms with Crippen molar-refractivity contribution in [2.24, 2.45) is 7.05 Å². The summed E-state index contributed by atoms with van der Waals surface area (Å²) in [5, 5.41) is 0. The van der Waals surface area contributed by atoms with Crippen molar-refractivity contribution in [3.05, 3.63) is 62.4 Å². The lowest BCUT2D eigenvalue weighted by Crippen LogP contribution is -2.38. The average molecular weight is 316 g/mol. The standard InChI is InChI=1S/C17H20N2O4/c1-11(2)13-6-5-12(3)9-14(13)23-16(21)10-19-8-7-15(20)18(4)17(19)22/h5-9,11H,10H2,1-4H3. The van der Waals surface area contributed by atoms with E-state index in [0.717, 1.165) is 20.3 Å². The van der Waals surface area contributed by atoms with E-state index in [2.05, 4.69) is 0 Å². The predicted molar refractivity (Wildman–Crippen MR) is 86.8 cm³/mol. The van der Waals surface area contributed by atoms with Gasteiger partial charge in [0, 0.05) is 19.3 Å². The van der Waals surface area contributed by atoms with Gasteiger partial charge in [-0.1, -0.05) is 26.0 Å². The van der Waals surface area contributed by atoms with E-state index in [0.29, 0.717) is 5.75 Å². The van der Waals surface area contributed by atoms with Crippen LogP contribution in [0.25, 0.3) is 0 Å². The van der Waals surface area contributed by atoms with Gasteiger partial charge in [0.15, 0.2) is 0 Å². The van der Waals surface area contributed by atoms with Crippen molar-refractivity contribution in [3.63, 3.8) is 0 Å². The van der Waals surface area contributed by atoms with Crippen LogP contribution in [0.5, 0.6) is 5.75 Å². The molecule has 1 aromatic carbocycles.